The Bertz CT molecular complexity index is 1150. The number of pyridine rings is 1. The molecule has 2 aromatic heterocycles. The number of fused-ring (bicyclic) bond motifs is 2. The third kappa shape index (κ3) is 2.87. The highest BCUT2D eigenvalue weighted by Gasteiger charge is 2.11. The topological polar surface area (TPSA) is 63.3 Å². The standard InChI is InChI=1S/C20H15NO3S/c1-12-17(22)7-6-14-13(10-19(23)24-20(12)14)11-25-18-8-9-21-16-5-3-2-4-15(16)18/h2-10,22H,11H2,1H3. The highest BCUT2D eigenvalue weighted by Crippen LogP contribution is 2.33. The summed E-state index contributed by atoms with van der Waals surface area (Å²) in [6, 6.07) is 14.9. The predicted molar refractivity (Wildman–Crippen MR) is 100 cm³/mol. The highest BCUT2D eigenvalue weighted by molar-refractivity contribution is 7.98. The second-order valence-corrected chi connectivity index (χ2v) is 6.81. The molecule has 2 aromatic carbocycles. The Kier molecular flexibility index (Phi) is 3.93. The van der Waals surface area contributed by atoms with Gasteiger partial charge >= 0.3 is 5.63 Å². The van der Waals surface area contributed by atoms with Crippen LogP contribution in [0.3, 0.4) is 0 Å². The number of benzene rings is 2. The van der Waals surface area contributed by atoms with Crippen LogP contribution in [0.15, 0.2) is 68.8 Å². The van der Waals surface area contributed by atoms with Crippen LogP contribution in [0.2, 0.25) is 0 Å². The van der Waals surface area contributed by atoms with Gasteiger partial charge < -0.3 is 9.52 Å². The molecule has 0 aliphatic heterocycles. The van der Waals surface area contributed by atoms with Gasteiger partial charge in [0.2, 0.25) is 0 Å². The molecule has 0 atom stereocenters. The van der Waals surface area contributed by atoms with Crippen LogP contribution in [0.25, 0.3) is 21.9 Å². The number of hydrogen-bond donors (Lipinski definition) is 1. The van der Waals surface area contributed by atoms with Crippen molar-refractivity contribution in [3.8, 4) is 5.75 Å². The van der Waals surface area contributed by atoms with Crippen molar-refractivity contribution in [1.29, 1.82) is 0 Å². The first-order valence-corrected chi connectivity index (χ1v) is 8.84. The SMILES string of the molecule is Cc1c(O)ccc2c(CSc3ccnc4ccccc34)cc(=O)oc12. The van der Waals surface area contributed by atoms with Crippen molar-refractivity contribution in [2.24, 2.45) is 0 Å². The van der Waals surface area contributed by atoms with E-state index in [2.05, 4.69) is 4.98 Å². The van der Waals surface area contributed by atoms with Crippen LogP contribution in [0.4, 0.5) is 0 Å². The van der Waals surface area contributed by atoms with E-state index in [9.17, 15) is 9.90 Å². The number of phenols is 1. The molecule has 124 valence electrons. The van der Waals surface area contributed by atoms with Crippen molar-refractivity contribution in [1.82, 2.24) is 4.98 Å². The van der Waals surface area contributed by atoms with Gasteiger partial charge in [0.25, 0.3) is 0 Å². The second kappa shape index (κ2) is 6.26. The molecular weight excluding hydrogens is 334 g/mol. The van der Waals surface area contributed by atoms with Crippen molar-refractivity contribution < 1.29 is 9.52 Å². The van der Waals surface area contributed by atoms with E-state index in [1.165, 1.54) is 6.07 Å². The van der Waals surface area contributed by atoms with Gasteiger partial charge in [-0.05, 0) is 36.8 Å². The molecule has 0 radical (unpaired) electrons. The zero-order valence-electron chi connectivity index (χ0n) is 13.5. The number of hydrogen-bond acceptors (Lipinski definition) is 5. The lowest BCUT2D eigenvalue weighted by Crippen LogP contribution is -2.01. The largest absolute Gasteiger partial charge is 0.508 e. The summed E-state index contributed by atoms with van der Waals surface area (Å²) in [5.41, 5.74) is 2.46. The normalized spacial score (nSPS) is 11.2. The van der Waals surface area contributed by atoms with Gasteiger partial charge in [0, 0.05) is 39.2 Å². The summed E-state index contributed by atoms with van der Waals surface area (Å²) >= 11 is 1.65. The zero-order chi connectivity index (χ0) is 17.4. The van der Waals surface area contributed by atoms with Crippen LogP contribution >= 0.6 is 11.8 Å². The summed E-state index contributed by atoms with van der Waals surface area (Å²) in [5, 5.41) is 11.8. The first-order chi connectivity index (χ1) is 12.1. The Morgan fingerprint density at radius 3 is 2.84 bits per heavy atom. The lowest BCUT2D eigenvalue weighted by Gasteiger charge is -2.09. The minimum absolute atomic E-state index is 0.126. The Hall–Kier alpha value is -2.79. The van der Waals surface area contributed by atoms with Crippen LogP contribution in [-0.2, 0) is 5.75 Å². The smallest absolute Gasteiger partial charge is 0.336 e. The van der Waals surface area contributed by atoms with Crippen LogP contribution in [0.1, 0.15) is 11.1 Å². The average Bonchev–Trinajstić information content (AvgIpc) is 2.63. The fourth-order valence-electron chi connectivity index (χ4n) is 2.89. The fraction of sp³-hybridized carbons (Fsp3) is 0.100. The van der Waals surface area contributed by atoms with Gasteiger partial charge in [-0.1, -0.05) is 18.2 Å². The van der Waals surface area contributed by atoms with Gasteiger partial charge in [-0.2, -0.15) is 0 Å². The summed E-state index contributed by atoms with van der Waals surface area (Å²) in [6.07, 6.45) is 1.80. The predicted octanol–water partition coefficient (Wildman–Crippen LogP) is 4.65. The van der Waals surface area contributed by atoms with E-state index in [0.29, 0.717) is 16.9 Å². The third-order valence-electron chi connectivity index (χ3n) is 4.21. The van der Waals surface area contributed by atoms with Gasteiger partial charge in [-0.25, -0.2) is 4.79 Å². The van der Waals surface area contributed by atoms with E-state index in [0.717, 1.165) is 26.7 Å². The zero-order valence-corrected chi connectivity index (χ0v) is 14.3. The highest BCUT2D eigenvalue weighted by atomic mass is 32.2. The Balaban J connectivity index is 1.76. The summed E-state index contributed by atoms with van der Waals surface area (Å²) in [4.78, 5) is 17.4. The van der Waals surface area contributed by atoms with E-state index >= 15 is 0 Å². The van der Waals surface area contributed by atoms with Crippen LogP contribution in [0.5, 0.6) is 5.75 Å². The number of para-hydroxylation sites is 1. The molecule has 0 spiro atoms. The van der Waals surface area contributed by atoms with Gasteiger partial charge in [0.15, 0.2) is 0 Å². The maximum atomic E-state index is 11.9. The summed E-state index contributed by atoms with van der Waals surface area (Å²) in [6.45, 7) is 1.74. The van der Waals surface area contributed by atoms with Crippen molar-refractivity contribution in [3.05, 3.63) is 76.3 Å². The van der Waals surface area contributed by atoms with Crippen molar-refractivity contribution in [3.63, 3.8) is 0 Å². The van der Waals surface area contributed by atoms with E-state index in [1.807, 2.05) is 30.3 Å². The molecular formula is C20H15NO3S. The van der Waals surface area contributed by atoms with E-state index in [4.69, 9.17) is 4.42 Å². The minimum Gasteiger partial charge on any atom is -0.508 e. The van der Waals surface area contributed by atoms with Crippen LogP contribution in [0, 0.1) is 6.92 Å². The Morgan fingerprint density at radius 2 is 1.96 bits per heavy atom. The Morgan fingerprint density at radius 1 is 1.12 bits per heavy atom. The maximum absolute atomic E-state index is 11.9. The van der Waals surface area contributed by atoms with Gasteiger partial charge in [0.05, 0.1) is 5.52 Å². The number of rotatable bonds is 3. The van der Waals surface area contributed by atoms with Crippen molar-refractivity contribution in [2.45, 2.75) is 17.6 Å². The lowest BCUT2D eigenvalue weighted by atomic mass is 10.1. The number of aryl methyl sites for hydroxylation is 1. The Labute approximate surface area is 148 Å². The quantitative estimate of drug-likeness (QED) is 0.431. The molecule has 5 heteroatoms. The van der Waals surface area contributed by atoms with E-state index in [-0.39, 0.29) is 5.75 Å². The fourth-order valence-corrected chi connectivity index (χ4v) is 3.92. The number of nitrogens with zero attached hydrogens (tertiary/aromatic N) is 1. The van der Waals surface area contributed by atoms with Crippen molar-refractivity contribution >= 4 is 33.6 Å². The van der Waals surface area contributed by atoms with Gasteiger partial charge in [0.1, 0.15) is 11.3 Å². The molecule has 4 nitrogen and oxygen atoms in total. The first kappa shape index (κ1) is 15.7. The van der Waals surface area contributed by atoms with E-state index < -0.39 is 5.63 Å². The van der Waals surface area contributed by atoms with Gasteiger partial charge in [-0.15, -0.1) is 11.8 Å². The molecule has 0 amide bonds. The number of aromatic nitrogens is 1. The summed E-state index contributed by atoms with van der Waals surface area (Å²) in [7, 11) is 0. The molecule has 0 aliphatic carbocycles. The number of thioether (sulfide) groups is 1. The second-order valence-electron chi connectivity index (χ2n) is 5.79. The van der Waals surface area contributed by atoms with Crippen LogP contribution < -0.4 is 5.63 Å². The number of aromatic hydroxyl groups is 1. The van der Waals surface area contributed by atoms with Crippen LogP contribution in [-0.4, -0.2) is 10.1 Å². The molecule has 4 rings (SSSR count). The molecule has 0 aliphatic rings. The molecule has 4 aromatic rings. The molecule has 0 fully saturated rings. The monoisotopic (exact) mass is 349 g/mol. The number of phenolic OH excluding ortho intramolecular Hbond substituents is 1. The molecule has 0 saturated carbocycles. The first-order valence-electron chi connectivity index (χ1n) is 7.85. The molecule has 0 saturated heterocycles. The van der Waals surface area contributed by atoms with Crippen molar-refractivity contribution in [2.75, 3.05) is 0 Å². The van der Waals surface area contributed by atoms with Gasteiger partial charge in [-0.3, -0.25) is 4.98 Å². The molecule has 25 heavy (non-hydrogen) atoms. The third-order valence-corrected chi connectivity index (χ3v) is 5.33. The summed E-state index contributed by atoms with van der Waals surface area (Å²) < 4.78 is 5.30. The minimum atomic E-state index is -0.406. The average molecular weight is 349 g/mol. The summed E-state index contributed by atoms with van der Waals surface area (Å²) in [5.74, 6) is 0.751. The maximum Gasteiger partial charge on any atom is 0.336 e. The molecule has 0 bridgehead atoms. The lowest BCUT2D eigenvalue weighted by molar-refractivity contribution is 0.468. The molecule has 1 N–H and O–H groups in total. The van der Waals surface area contributed by atoms with E-state index in [1.54, 1.807) is 37.0 Å². The molecule has 2 heterocycles. The molecule has 0 unspecified atom stereocenters.